The van der Waals surface area contributed by atoms with Crippen LogP contribution in [0.3, 0.4) is 0 Å². The van der Waals surface area contributed by atoms with Crippen LogP contribution in [0, 0.1) is 5.41 Å². The number of hydrogen-bond donors (Lipinski definition) is 3. The van der Waals surface area contributed by atoms with Crippen LogP contribution in [0.4, 0.5) is 0 Å². The van der Waals surface area contributed by atoms with Crippen LogP contribution in [0.15, 0.2) is 78.9 Å². The number of esters is 2. The number of carbonyl (C=O) groups excluding carboxylic acids is 4. The maximum Gasteiger partial charge on any atom is 0.327 e. The molecule has 4 saturated heterocycles. The number of ether oxygens (including phenoxy) is 4. The first-order valence-corrected chi connectivity index (χ1v) is 21.8. The molecule has 1 spiro atoms. The minimum absolute atomic E-state index is 0.00446. The minimum Gasteiger partial charge on any atom is -0.508 e. The number of aliphatic hydroxyl groups excluding tert-OH is 1. The number of para-hydroxylation sites is 1. The number of benzene rings is 3. The van der Waals surface area contributed by atoms with Crippen LogP contribution in [0.2, 0.25) is 0 Å². The average Bonchev–Trinajstić information content (AvgIpc) is 4.03. The maximum atomic E-state index is 15.5. The Morgan fingerprint density at radius 2 is 1.69 bits per heavy atom. The first-order valence-electron chi connectivity index (χ1n) is 21.8. The zero-order valence-corrected chi connectivity index (χ0v) is 35.4. The third kappa shape index (κ3) is 7.91. The molecule has 0 unspecified atom stereocenters. The quantitative estimate of drug-likeness (QED) is 0.221. The SMILES string of the molecule is CC(C)(C)OC(=O)CC[C@@H](CO)NC(=O)[C@H]1CCCN1C(=O)[C@@]12C[C@H]3OC(=O)[C@@H]1N(Cc1ccc(C=CCc4ccccc4O)cc1)O[C@@H]2[C@H]1OC2(Cc4ccccc4C2)O[C@H]13. The van der Waals surface area contributed by atoms with E-state index < -0.39 is 83.8 Å². The van der Waals surface area contributed by atoms with E-state index in [1.54, 1.807) is 42.9 Å². The molecule has 4 heterocycles. The van der Waals surface area contributed by atoms with Gasteiger partial charge in [0.05, 0.1) is 19.2 Å². The lowest BCUT2D eigenvalue weighted by Crippen LogP contribution is -2.70. The van der Waals surface area contributed by atoms with Gasteiger partial charge in [0, 0.05) is 32.2 Å². The topological polar surface area (TPSA) is 173 Å². The molecule has 1 saturated carbocycles. The largest absolute Gasteiger partial charge is 0.508 e. The third-order valence-electron chi connectivity index (χ3n) is 13.1. The predicted octanol–water partition coefficient (Wildman–Crippen LogP) is 4.32. The smallest absolute Gasteiger partial charge is 0.327 e. The molecule has 2 aliphatic carbocycles. The summed E-state index contributed by atoms with van der Waals surface area (Å²) in [5, 5.41) is 24.8. The van der Waals surface area contributed by atoms with Crippen LogP contribution in [0.25, 0.3) is 6.08 Å². The number of nitrogens with one attached hydrogen (secondary N) is 1. The van der Waals surface area contributed by atoms with E-state index in [0.717, 1.165) is 27.8 Å². The predicted molar refractivity (Wildman–Crippen MR) is 224 cm³/mol. The fourth-order valence-electron chi connectivity index (χ4n) is 10.4. The second-order valence-corrected chi connectivity index (χ2v) is 18.6. The molecule has 2 bridgehead atoms. The summed E-state index contributed by atoms with van der Waals surface area (Å²) >= 11 is 0. The van der Waals surface area contributed by atoms with Crippen molar-refractivity contribution >= 4 is 29.8 Å². The summed E-state index contributed by atoms with van der Waals surface area (Å²) in [7, 11) is 0. The van der Waals surface area contributed by atoms with Gasteiger partial charge in [-0.25, -0.2) is 0 Å². The molecule has 14 heteroatoms. The fourth-order valence-corrected chi connectivity index (χ4v) is 10.4. The summed E-state index contributed by atoms with van der Waals surface area (Å²) in [6.07, 6.45) is 3.56. The molecule has 3 N–H and O–H groups in total. The van der Waals surface area contributed by atoms with Gasteiger partial charge in [-0.2, -0.15) is 5.06 Å². The van der Waals surface area contributed by atoms with E-state index in [-0.39, 0.29) is 44.0 Å². The number of hydroxylamine groups is 2. The van der Waals surface area contributed by atoms with Gasteiger partial charge in [-0.3, -0.25) is 24.0 Å². The lowest BCUT2D eigenvalue weighted by Gasteiger charge is -2.50. The summed E-state index contributed by atoms with van der Waals surface area (Å²) in [6.45, 7) is 5.36. The zero-order chi connectivity index (χ0) is 43.4. The van der Waals surface area contributed by atoms with Gasteiger partial charge in [-0.15, -0.1) is 0 Å². The van der Waals surface area contributed by atoms with Crippen molar-refractivity contribution in [1.82, 2.24) is 15.3 Å². The van der Waals surface area contributed by atoms with Crippen molar-refractivity contribution in [3.8, 4) is 5.75 Å². The minimum atomic E-state index is -1.47. The Bertz CT molecular complexity index is 2210. The molecule has 328 valence electrons. The molecule has 5 fully saturated rings. The summed E-state index contributed by atoms with van der Waals surface area (Å²) in [6, 6.07) is 20.4. The molecule has 9 rings (SSSR count). The number of phenols is 1. The van der Waals surface area contributed by atoms with Gasteiger partial charge in [0.25, 0.3) is 0 Å². The normalized spacial score (nSPS) is 28.8. The first kappa shape index (κ1) is 42.2. The van der Waals surface area contributed by atoms with E-state index in [0.29, 0.717) is 32.1 Å². The van der Waals surface area contributed by atoms with Gasteiger partial charge in [0.15, 0.2) is 11.8 Å². The van der Waals surface area contributed by atoms with Gasteiger partial charge in [0.1, 0.15) is 47.2 Å². The molecule has 2 amide bonds. The van der Waals surface area contributed by atoms with E-state index in [2.05, 4.69) is 17.4 Å². The number of aliphatic hydroxyl groups is 1. The molecule has 4 aliphatic heterocycles. The highest BCUT2D eigenvalue weighted by atomic mass is 16.8. The average molecular weight is 850 g/mol. The van der Waals surface area contributed by atoms with E-state index >= 15 is 4.79 Å². The van der Waals surface area contributed by atoms with Crippen LogP contribution in [-0.2, 0) is 68.8 Å². The van der Waals surface area contributed by atoms with Crippen LogP contribution in [0.1, 0.15) is 80.7 Å². The zero-order valence-electron chi connectivity index (χ0n) is 35.4. The van der Waals surface area contributed by atoms with Gasteiger partial charge in [-0.1, -0.05) is 78.9 Å². The lowest BCUT2D eigenvalue weighted by atomic mass is 9.62. The Kier molecular flexibility index (Phi) is 11.3. The van der Waals surface area contributed by atoms with Crippen molar-refractivity contribution in [1.29, 1.82) is 0 Å². The highest BCUT2D eigenvalue weighted by molar-refractivity contribution is 5.96. The van der Waals surface area contributed by atoms with Crippen molar-refractivity contribution in [2.45, 2.75) is 133 Å². The second kappa shape index (κ2) is 16.5. The Morgan fingerprint density at radius 3 is 2.40 bits per heavy atom. The number of rotatable bonds is 12. The molecule has 8 atom stereocenters. The molecule has 3 aromatic rings. The Hall–Kier alpha value is -5.12. The Labute approximate surface area is 361 Å². The molecule has 6 aliphatic rings. The molecule has 0 aromatic heterocycles. The number of likely N-dealkylation sites (tertiary alicyclic amines) is 1. The Morgan fingerprint density at radius 1 is 0.984 bits per heavy atom. The summed E-state index contributed by atoms with van der Waals surface area (Å²) in [5.74, 6) is -2.63. The number of nitrogens with zero attached hydrogens (tertiary/aromatic N) is 2. The first-order chi connectivity index (χ1) is 29.8. The van der Waals surface area contributed by atoms with Crippen LogP contribution in [0.5, 0.6) is 5.75 Å². The van der Waals surface area contributed by atoms with Gasteiger partial charge >= 0.3 is 11.9 Å². The number of hydrogen-bond acceptors (Lipinski definition) is 12. The number of amides is 2. The number of aromatic hydroxyl groups is 1. The van der Waals surface area contributed by atoms with Crippen molar-refractivity contribution in [2.24, 2.45) is 5.41 Å². The van der Waals surface area contributed by atoms with E-state index in [9.17, 15) is 24.6 Å². The van der Waals surface area contributed by atoms with Crippen molar-refractivity contribution in [3.05, 3.63) is 107 Å². The fraction of sp³-hybridized carbons (Fsp3) is 0.500. The molecule has 62 heavy (non-hydrogen) atoms. The van der Waals surface area contributed by atoms with Gasteiger partial charge in [-0.05, 0) is 80.3 Å². The molecular formula is C48H55N3O11. The van der Waals surface area contributed by atoms with Crippen molar-refractivity contribution in [2.75, 3.05) is 13.2 Å². The van der Waals surface area contributed by atoms with E-state index in [1.807, 2.05) is 60.7 Å². The van der Waals surface area contributed by atoms with Gasteiger partial charge in [0.2, 0.25) is 11.8 Å². The van der Waals surface area contributed by atoms with Crippen molar-refractivity contribution < 1.29 is 53.2 Å². The number of allylic oxidation sites excluding steroid dienone is 1. The third-order valence-corrected chi connectivity index (χ3v) is 13.1. The number of phenolic OH excluding ortho intramolecular Hbond substituents is 1. The standard InChI is InChI=1S/C48H55N3O11/c1-46(2,3)59-38(54)22-21-34(28-52)49-43(55)35-15-9-23-50(35)45(57)48-26-37-39-40(61-47(60-39)24-32-12-4-5-13-33(32)25-47)42(48)62-51(41(48)44(56)58-37)27-30-19-17-29(18-20-30)10-8-14-31-11-6-7-16-36(31)53/h4-8,10-13,16-20,34-35,37,39-42,52-53H,9,14-15,21-28H2,1-3H3,(H,49,55)/t34-,35+,37+,39-,40-,41-,42+,48-/m0/s1. The molecule has 3 aromatic carbocycles. The number of fused-ring (bicyclic) bond motifs is 5. The Balaban J connectivity index is 0.975. The molecule has 14 nitrogen and oxygen atoms in total. The summed E-state index contributed by atoms with van der Waals surface area (Å²) in [4.78, 5) is 64.8. The lowest BCUT2D eigenvalue weighted by molar-refractivity contribution is -0.218. The highest BCUT2D eigenvalue weighted by Crippen LogP contribution is 2.59. The highest BCUT2D eigenvalue weighted by Gasteiger charge is 2.77. The number of carbonyl (C=O) groups is 4. The monoisotopic (exact) mass is 849 g/mol. The molecular weight excluding hydrogens is 795 g/mol. The second-order valence-electron chi connectivity index (χ2n) is 18.6. The van der Waals surface area contributed by atoms with Crippen LogP contribution >= 0.6 is 0 Å². The van der Waals surface area contributed by atoms with Crippen LogP contribution in [-0.4, -0.2) is 111 Å². The maximum absolute atomic E-state index is 15.5. The molecule has 0 radical (unpaired) electrons. The van der Waals surface area contributed by atoms with E-state index in [4.69, 9.17) is 23.8 Å². The van der Waals surface area contributed by atoms with Crippen LogP contribution < -0.4 is 5.32 Å². The van der Waals surface area contributed by atoms with Crippen molar-refractivity contribution in [3.63, 3.8) is 0 Å². The summed E-state index contributed by atoms with van der Waals surface area (Å²) in [5.41, 5.74) is 2.69. The van der Waals surface area contributed by atoms with Gasteiger partial charge < -0.3 is 39.4 Å². The van der Waals surface area contributed by atoms with E-state index in [1.165, 1.54) is 0 Å². The summed E-state index contributed by atoms with van der Waals surface area (Å²) < 4.78 is 25.3.